The molecule has 2 aromatic heterocycles. The Kier molecular flexibility index (Phi) is 3.45. The van der Waals surface area contributed by atoms with Crippen molar-refractivity contribution in [1.29, 1.82) is 0 Å². The largest absolute Gasteiger partial charge is 0.308 e. The zero-order valence-electron chi connectivity index (χ0n) is 12.2. The molecule has 0 amide bonds. The fraction of sp³-hybridized carbons (Fsp3) is 0.500. The van der Waals surface area contributed by atoms with Gasteiger partial charge in [-0.1, -0.05) is 6.07 Å². The van der Waals surface area contributed by atoms with Crippen molar-refractivity contribution in [1.82, 2.24) is 25.0 Å². The summed E-state index contributed by atoms with van der Waals surface area (Å²) in [5.41, 5.74) is 1.20. The molecule has 110 valence electrons. The van der Waals surface area contributed by atoms with Gasteiger partial charge in [0.1, 0.15) is 0 Å². The monoisotopic (exact) mass is 283 g/mol. The summed E-state index contributed by atoms with van der Waals surface area (Å²) in [5.74, 6) is 0.923. The Bertz CT molecular complexity index is 590. The molecule has 2 aromatic rings. The van der Waals surface area contributed by atoms with E-state index in [1.807, 2.05) is 29.2 Å². The molecule has 1 saturated heterocycles. The van der Waals surface area contributed by atoms with E-state index in [4.69, 9.17) is 0 Å². The maximum Gasteiger partial charge on any atom is 0.157 e. The number of nitrogens with one attached hydrogen (secondary N) is 1. The van der Waals surface area contributed by atoms with Gasteiger partial charge in [0, 0.05) is 55.9 Å². The van der Waals surface area contributed by atoms with Gasteiger partial charge < -0.3 is 5.32 Å². The molecular formula is C16H21N5. The van der Waals surface area contributed by atoms with Crippen molar-refractivity contribution in [2.75, 3.05) is 13.1 Å². The van der Waals surface area contributed by atoms with Gasteiger partial charge in [0.05, 0.1) is 0 Å². The number of hydrogen-bond donors (Lipinski definition) is 1. The SMILES string of the molecule is c1cnc(-n2cccn2)c(CNC2CCN(C3CC3)C2)c1. The highest BCUT2D eigenvalue weighted by Crippen LogP contribution is 2.29. The second kappa shape index (κ2) is 5.58. The van der Waals surface area contributed by atoms with Crippen molar-refractivity contribution in [3.8, 4) is 5.82 Å². The third-order valence-electron chi connectivity index (χ3n) is 4.45. The lowest BCUT2D eigenvalue weighted by molar-refractivity contribution is 0.317. The Hall–Kier alpha value is -1.72. The van der Waals surface area contributed by atoms with E-state index in [9.17, 15) is 0 Å². The van der Waals surface area contributed by atoms with E-state index >= 15 is 0 Å². The van der Waals surface area contributed by atoms with E-state index in [1.165, 1.54) is 37.9 Å². The molecule has 1 aliphatic carbocycles. The molecule has 1 N–H and O–H groups in total. The van der Waals surface area contributed by atoms with E-state index in [0.717, 1.165) is 18.4 Å². The number of pyridine rings is 1. The summed E-state index contributed by atoms with van der Waals surface area (Å²) < 4.78 is 1.84. The normalized spacial score (nSPS) is 22.8. The van der Waals surface area contributed by atoms with Gasteiger partial charge in [-0.2, -0.15) is 5.10 Å². The van der Waals surface area contributed by atoms with Crippen LogP contribution in [-0.2, 0) is 6.54 Å². The van der Waals surface area contributed by atoms with Crippen LogP contribution in [0, 0.1) is 0 Å². The first-order chi connectivity index (χ1) is 10.4. The first kappa shape index (κ1) is 13.0. The Labute approximate surface area is 125 Å². The van der Waals surface area contributed by atoms with Gasteiger partial charge in [-0.05, 0) is 31.4 Å². The fourth-order valence-corrected chi connectivity index (χ4v) is 3.15. The molecular weight excluding hydrogens is 262 g/mol. The number of hydrogen-bond acceptors (Lipinski definition) is 4. The molecule has 0 spiro atoms. The maximum absolute atomic E-state index is 4.47. The molecule has 5 nitrogen and oxygen atoms in total. The number of nitrogens with zero attached hydrogens (tertiary/aromatic N) is 4. The topological polar surface area (TPSA) is 46.0 Å². The van der Waals surface area contributed by atoms with Crippen LogP contribution < -0.4 is 5.32 Å². The van der Waals surface area contributed by atoms with Gasteiger partial charge in [0.25, 0.3) is 0 Å². The van der Waals surface area contributed by atoms with Crippen LogP contribution in [0.3, 0.4) is 0 Å². The highest BCUT2D eigenvalue weighted by Gasteiger charge is 2.34. The molecule has 2 aliphatic rings. The molecule has 0 bridgehead atoms. The number of rotatable bonds is 5. The predicted octanol–water partition coefficient (Wildman–Crippen LogP) is 1.59. The summed E-state index contributed by atoms with van der Waals surface area (Å²) in [5, 5.41) is 7.98. The first-order valence-electron chi connectivity index (χ1n) is 7.81. The highest BCUT2D eigenvalue weighted by molar-refractivity contribution is 5.32. The molecule has 0 radical (unpaired) electrons. The van der Waals surface area contributed by atoms with Crippen molar-refractivity contribution < 1.29 is 0 Å². The quantitative estimate of drug-likeness (QED) is 0.905. The lowest BCUT2D eigenvalue weighted by Crippen LogP contribution is -2.33. The Morgan fingerprint density at radius 1 is 1.19 bits per heavy atom. The van der Waals surface area contributed by atoms with Crippen LogP contribution in [0.5, 0.6) is 0 Å². The predicted molar refractivity (Wildman–Crippen MR) is 81.2 cm³/mol. The van der Waals surface area contributed by atoms with Crippen LogP contribution in [0.25, 0.3) is 5.82 Å². The van der Waals surface area contributed by atoms with Gasteiger partial charge in [-0.25, -0.2) is 9.67 Å². The van der Waals surface area contributed by atoms with Crippen LogP contribution >= 0.6 is 0 Å². The van der Waals surface area contributed by atoms with Gasteiger partial charge in [0.15, 0.2) is 5.82 Å². The van der Waals surface area contributed by atoms with Gasteiger partial charge in [-0.3, -0.25) is 4.90 Å². The van der Waals surface area contributed by atoms with Crippen LogP contribution in [0.2, 0.25) is 0 Å². The molecule has 5 heteroatoms. The van der Waals surface area contributed by atoms with Gasteiger partial charge >= 0.3 is 0 Å². The third-order valence-corrected chi connectivity index (χ3v) is 4.45. The average molecular weight is 283 g/mol. The molecule has 1 unspecified atom stereocenters. The summed E-state index contributed by atoms with van der Waals surface area (Å²) in [6, 6.07) is 7.54. The van der Waals surface area contributed by atoms with Crippen LogP contribution in [-0.4, -0.2) is 44.8 Å². The van der Waals surface area contributed by atoms with Crippen molar-refractivity contribution in [2.24, 2.45) is 0 Å². The van der Waals surface area contributed by atoms with Gasteiger partial charge in [0.2, 0.25) is 0 Å². The molecule has 4 rings (SSSR count). The van der Waals surface area contributed by atoms with E-state index in [0.29, 0.717) is 6.04 Å². The van der Waals surface area contributed by atoms with Crippen molar-refractivity contribution in [3.05, 3.63) is 42.4 Å². The molecule has 3 heterocycles. The average Bonchev–Trinajstić information content (AvgIpc) is 3.04. The molecule has 21 heavy (non-hydrogen) atoms. The minimum atomic E-state index is 0.608. The number of aromatic nitrogens is 3. The Morgan fingerprint density at radius 3 is 2.95 bits per heavy atom. The Balaban J connectivity index is 1.41. The molecule has 1 saturated carbocycles. The van der Waals surface area contributed by atoms with Crippen LogP contribution in [0.4, 0.5) is 0 Å². The molecule has 1 atom stereocenters. The van der Waals surface area contributed by atoms with E-state index in [2.05, 4.69) is 26.4 Å². The smallest absolute Gasteiger partial charge is 0.157 e. The standard InChI is InChI=1S/C16H21N5/c1-3-13(16(17-7-1)21-9-2-8-19-21)11-18-14-6-10-20(12-14)15-4-5-15/h1-3,7-9,14-15,18H,4-6,10-12H2. The maximum atomic E-state index is 4.47. The highest BCUT2D eigenvalue weighted by atomic mass is 15.3. The van der Waals surface area contributed by atoms with E-state index in [-0.39, 0.29) is 0 Å². The summed E-state index contributed by atoms with van der Waals surface area (Å²) in [4.78, 5) is 7.10. The zero-order valence-corrected chi connectivity index (χ0v) is 12.2. The second-order valence-electron chi connectivity index (χ2n) is 6.03. The van der Waals surface area contributed by atoms with Crippen molar-refractivity contribution in [3.63, 3.8) is 0 Å². The summed E-state index contributed by atoms with van der Waals surface area (Å²) in [7, 11) is 0. The lowest BCUT2D eigenvalue weighted by atomic mass is 10.2. The zero-order chi connectivity index (χ0) is 14.1. The second-order valence-corrected chi connectivity index (χ2v) is 6.03. The van der Waals surface area contributed by atoms with Crippen LogP contribution in [0.15, 0.2) is 36.8 Å². The third kappa shape index (κ3) is 2.84. The van der Waals surface area contributed by atoms with Crippen molar-refractivity contribution in [2.45, 2.75) is 37.9 Å². The minimum absolute atomic E-state index is 0.608. The van der Waals surface area contributed by atoms with E-state index < -0.39 is 0 Å². The fourth-order valence-electron chi connectivity index (χ4n) is 3.15. The number of likely N-dealkylation sites (tertiary alicyclic amines) is 1. The Morgan fingerprint density at radius 2 is 2.14 bits per heavy atom. The van der Waals surface area contributed by atoms with Crippen molar-refractivity contribution >= 4 is 0 Å². The lowest BCUT2D eigenvalue weighted by Gasteiger charge is -2.16. The molecule has 0 aromatic carbocycles. The summed E-state index contributed by atoms with van der Waals surface area (Å²) >= 11 is 0. The van der Waals surface area contributed by atoms with Crippen LogP contribution in [0.1, 0.15) is 24.8 Å². The molecule has 2 fully saturated rings. The first-order valence-corrected chi connectivity index (χ1v) is 7.81. The van der Waals surface area contributed by atoms with Gasteiger partial charge in [-0.15, -0.1) is 0 Å². The minimum Gasteiger partial charge on any atom is -0.308 e. The summed E-state index contributed by atoms with van der Waals surface area (Å²) in [6.45, 7) is 3.30. The molecule has 1 aliphatic heterocycles. The summed E-state index contributed by atoms with van der Waals surface area (Å²) in [6.07, 6.45) is 9.61. The van der Waals surface area contributed by atoms with E-state index in [1.54, 1.807) is 6.20 Å².